The highest BCUT2D eigenvalue weighted by atomic mass is 16.5. The molecule has 1 saturated heterocycles. The third kappa shape index (κ3) is 7.62. The van der Waals surface area contributed by atoms with Gasteiger partial charge in [0.1, 0.15) is 11.7 Å². The molecule has 3 N–H and O–H groups in total. The first-order chi connectivity index (χ1) is 20.2. The summed E-state index contributed by atoms with van der Waals surface area (Å²) in [4.78, 5) is 43.9. The first-order valence-electron chi connectivity index (χ1n) is 14.5. The number of carboxylic acid groups (broad SMARTS) is 1. The molecule has 0 aliphatic carbocycles. The van der Waals surface area contributed by atoms with Gasteiger partial charge in [-0.1, -0.05) is 39.8 Å². The number of benzene rings is 1. The standard InChI is InChI=1S/C30H40N6O6/c1-5-22(6-2)32-27(37)24-17-23(34-36(24)11-10-35-12-14-41-15-13-35)20-8-7-9-21(16-20)29-31-18-25(42-29)28(38)33-26(19(3)4)30(39)40/h7-9,16-19,22,26H,5-6,10-15H2,1-4H3,(H,32,37)(H,33,38)(H,39,40). The smallest absolute Gasteiger partial charge is 0.326 e. The third-order valence-electron chi connectivity index (χ3n) is 7.42. The number of hydrogen-bond donors (Lipinski definition) is 3. The number of aromatic nitrogens is 3. The first kappa shape index (κ1) is 30.9. The number of carboxylic acids is 1. The molecule has 0 saturated carbocycles. The highest BCUT2D eigenvalue weighted by Gasteiger charge is 2.26. The van der Waals surface area contributed by atoms with E-state index in [1.165, 1.54) is 6.20 Å². The van der Waals surface area contributed by atoms with Crippen molar-refractivity contribution in [2.45, 2.75) is 59.2 Å². The fraction of sp³-hybridized carbons (Fsp3) is 0.500. The lowest BCUT2D eigenvalue weighted by Crippen LogP contribution is -2.44. The van der Waals surface area contributed by atoms with Gasteiger partial charge in [-0.05, 0) is 37.0 Å². The van der Waals surface area contributed by atoms with E-state index in [2.05, 4.69) is 20.5 Å². The van der Waals surface area contributed by atoms with Crippen LogP contribution in [0.3, 0.4) is 0 Å². The first-order valence-corrected chi connectivity index (χ1v) is 14.5. The van der Waals surface area contributed by atoms with Gasteiger partial charge in [-0.15, -0.1) is 0 Å². The number of rotatable bonds is 13. The molecule has 2 amide bonds. The number of morpholine rings is 1. The number of carbonyl (C=O) groups is 3. The Labute approximate surface area is 245 Å². The topological polar surface area (TPSA) is 152 Å². The number of nitrogens with zero attached hydrogens (tertiary/aromatic N) is 4. The lowest BCUT2D eigenvalue weighted by atomic mass is 10.0. The SMILES string of the molecule is CCC(CC)NC(=O)c1cc(-c2cccc(-c3ncc(C(=O)NC(C(=O)O)C(C)C)o3)c2)nn1CCN1CCOCC1. The molecule has 0 spiro atoms. The maximum absolute atomic E-state index is 13.3. The third-order valence-corrected chi connectivity index (χ3v) is 7.42. The fourth-order valence-corrected chi connectivity index (χ4v) is 4.77. The summed E-state index contributed by atoms with van der Waals surface area (Å²) in [6, 6.07) is 8.16. The van der Waals surface area contributed by atoms with Crippen molar-refractivity contribution in [2.75, 3.05) is 32.8 Å². The van der Waals surface area contributed by atoms with Crippen molar-refractivity contribution in [3.05, 3.63) is 48.0 Å². The van der Waals surface area contributed by atoms with Gasteiger partial charge in [0.05, 0.1) is 31.6 Å². The minimum absolute atomic E-state index is 0.0783. The van der Waals surface area contributed by atoms with Crippen LogP contribution in [-0.2, 0) is 16.1 Å². The van der Waals surface area contributed by atoms with Crippen LogP contribution in [0.1, 0.15) is 61.6 Å². The zero-order valence-corrected chi connectivity index (χ0v) is 24.6. The average Bonchev–Trinajstić information content (AvgIpc) is 3.66. The van der Waals surface area contributed by atoms with Crippen LogP contribution >= 0.6 is 0 Å². The Bertz CT molecular complexity index is 1370. The molecule has 226 valence electrons. The number of ether oxygens (including phenoxy) is 1. The summed E-state index contributed by atoms with van der Waals surface area (Å²) in [5.41, 5.74) is 2.48. The van der Waals surface area contributed by atoms with E-state index in [1.807, 2.05) is 32.0 Å². The monoisotopic (exact) mass is 580 g/mol. The molecule has 42 heavy (non-hydrogen) atoms. The van der Waals surface area contributed by atoms with Crippen LogP contribution in [0.5, 0.6) is 0 Å². The molecular weight excluding hydrogens is 540 g/mol. The van der Waals surface area contributed by atoms with Gasteiger partial charge in [0.25, 0.3) is 11.8 Å². The second-order valence-electron chi connectivity index (χ2n) is 10.7. The van der Waals surface area contributed by atoms with Crippen LogP contribution in [-0.4, -0.2) is 87.5 Å². The second kappa shape index (κ2) is 14.2. The van der Waals surface area contributed by atoms with Crippen molar-refractivity contribution in [2.24, 2.45) is 5.92 Å². The Morgan fingerprint density at radius 3 is 2.38 bits per heavy atom. The van der Waals surface area contributed by atoms with E-state index in [9.17, 15) is 19.5 Å². The van der Waals surface area contributed by atoms with E-state index in [-0.39, 0.29) is 29.5 Å². The molecule has 3 heterocycles. The van der Waals surface area contributed by atoms with Crippen LogP contribution in [0.15, 0.2) is 40.9 Å². The van der Waals surface area contributed by atoms with Gasteiger partial charge in [0.2, 0.25) is 11.7 Å². The molecule has 1 atom stereocenters. The predicted octanol–water partition coefficient (Wildman–Crippen LogP) is 3.29. The summed E-state index contributed by atoms with van der Waals surface area (Å²) in [6.45, 7) is 11.9. The summed E-state index contributed by atoms with van der Waals surface area (Å²) >= 11 is 0. The van der Waals surface area contributed by atoms with Crippen LogP contribution in [0.4, 0.5) is 0 Å². The molecule has 0 radical (unpaired) electrons. The van der Waals surface area contributed by atoms with Gasteiger partial charge in [-0.3, -0.25) is 19.2 Å². The van der Waals surface area contributed by atoms with E-state index >= 15 is 0 Å². The van der Waals surface area contributed by atoms with Crippen molar-refractivity contribution >= 4 is 17.8 Å². The van der Waals surface area contributed by atoms with E-state index in [4.69, 9.17) is 14.3 Å². The molecule has 0 bridgehead atoms. The minimum Gasteiger partial charge on any atom is -0.480 e. The maximum Gasteiger partial charge on any atom is 0.326 e. The average molecular weight is 581 g/mol. The number of hydrogen-bond acceptors (Lipinski definition) is 8. The van der Waals surface area contributed by atoms with Gasteiger partial charge >= 0.3 is 5.97 Å². The van der Waals surface area contributed by atoms with Crippen molar-refractivity contribution in [1.82, 2.24) is 30.3 Å². The molecule has 1 fully saturated rings. The van der Waals surface area contributed by atoms with Crippen molar-refractivity contribution in [3.8, 4) is 22.7 Å². The molecule has 2 aromatic heterocycles. The van der Waals surface area contributed by atoms with Crippen molar-refractivity contribution in [3.63, 3.8) is 0 Å². The van der Waals surface area contributed by atoms with E-state index in [0.717, 1.165) is 38.0 Å². The lowest BCUT2D eigenvalue weighted by Gasteiger charge is -2.26. The Hall–Kier alpha value is -4.03. The summed E-state index contributed by atoms with van der Waals surface area (Å²) in [6.07, 6.45) is 2.95. The number of amides is 2. The Balaban J connectivity index is 1.57. The molecule has 3 aromatic rings. The van der Waals surface area contributed by atoms with Crippen LogP contribution in [0, 0.1) is 5.92 Å². The highest BCUT2D eigenvalue weighted by Crippen LogP contribution is 2.26. The Morgan fingerprint density at radius 1 is 1.00 bits per heavy atom. The largest absolute Gasteiger partial charge is 0.480 e. The fourth-order valence-electron chi connectivity index (χ4n) is 4.77. The molecule has 1 aliphatic heterocycles. The summed E-state index contributed by atoms with van der Waals surface area (Å²) < 4.78 is 12.9. The van der Waals surface area contributed by atoms with Crippen molar-refractivity contribution < 1.29 is 28.6 Å². The van der Waals surface area contributed by atoms with E-state index < -0.39 is 17.9 Å². The van der Waals surface area contributed by atoms with Gasteiger partial charge in [0, 0.05) is 36.8 Å². The molecule has 1 unspecified atom stereocenters. The number of oxazole rings is 1. The molecule has 12 heteroatoms. The molecular formula is C30H40N6O6. The molecule has 4 rings (SSSR count). The van der Waals surface area contributed by atoms with Gasteiger partial charge in [-0.25, -0.2) is 9.78 Å². The van der Waals surface area contributed by atoms with Crippen molar-refractivity contribution in [1.29, 1.82) is 0 Å². The lowest BCUT2D eigenvalue weighted by molar-refractivity contribution is -0.140. The van der Waals surface area contributed by atoms with Crippen LogP contribution in [0.2, 0.25) is 0 Å². The maximum atomic E-state index is 13.3. The highest BCUT2D eigenvalue weighted by molar-refractivity contribution is 5.95. The Morgan fingerprint density at radius 2 is 1.71 bits per heavy atom. The van der Waals surface area contributed by atoms with Gasteiger partial charge in [0.15, 0.2) is 0 Å². The summed E-state index contributed by atoms with van der Waals surface area (Å²) in [5, 5.41) is 19.8. The predicted molar refractivity (Wildman–Crippen MR) is 156 cm³/mol. The van der Waals surface area contributed by atoms with Gasteiger partial charge in [-0.2, -0.15) is 5.10 Å². The summed E-state index contributed by atoms with van der Waals surface area (Å²) in [7, 11) is 0. The molecule has 1 aliphatic rings. The molecule has 12 nitrogen and oxygen atoms in total. The van der Waals surface area contributed by atoms with Crippen LogP contribution in [0.25, 0.3) is 22.7 Å². The van der Waals surface area contributed by atoms with E-state index in [0.29, 0.717) is 36.7 Å². The van der Waals surface area contributed by atoms with E-state index in [1.54, 1.807) is 30.7 Å². The number of nitrogens with one attached hydrogen (secondary N) is 2. The molecule has 1 aromatic carbocycles. The second-order valence-corrected chi connectivity index (χ2v) is 10.7. The number of aliphatic carboxylic acids is 1. The normalized spacial score (nSPS) is 14.7. The zero-order valence-electron chi connectivity index (χ0n) is 24.6. The Kier molecular flexibility index (Phi) is 10.5. The minimum atomic E-state index is -1.12. The summed E-state index contributed by atoms with van der Waals surface area (Å²) in [5.74, 6) is -2.13. The quantitative estimate of drug-likeness (QED) is 0.277. The van der Waals surface area contributed by atoms with Crippen LogP contribution < -0.4 is 10.6 Å². The number of carbonyl (C=O) groups excluding carboxylic acids is 2. The van der Waals surface area contributed by atoms with Gasteiger partial charge < -0.3 is 24.9 Å². The zero-order chi connectivity index (χ0) is 30.2.